The molecule has 20 aromatic rings. The molecule has 0 fully saturated rings. The van der Waals surface area contributed by atoms with E-state index in [4.69, 9.17) is 29.9 Å². The summed E-state index contributed by atoms with van der Waals surface area (Å²) in [6.07, 6.45) is 10.8. The van der Waals surface area contributed by atoms with Gasteiger partial charge in [0.25, 0.3) is 0 Å². The molecule has 0 atom stereocenters. The van der Waals surface area contributed by atoms with Crippen LogP contribution in [-0.2, 0) is 0 Å². The Hall–Kier alpha value is -14.2. The summed E-state index contributed by atoms with van der Waals surface area (Å²) in [5.74, 6) is 0. The van der Waals surface area contributed by atoms with E-state index in [-0.39, 0.29) is 0 Å². The van der Waals surface area contributed by atoms with Gasteiger partial charge in [-0.15, -0.1) is 0 Å². The fraction of sp³-hybridized carbons (Fsp3) is 0. The van der Waals surface area contributed by atoms with Crippen molar-refractivity contribution in [2.24, 2.45) is 0 Å². The van der Waals surface area contributed by atoms with Crippen LogP contribution in [0.15, 0.2) is 371 Å². The Labute approximate surface area is 600 Å². The van der Waals surface area contributed by atoms with Gasteiger partial charge in [-0.25, -0.2) is 29.9 Å². The smallest absolute Gasteiger partial charge is 0.0715 e. The minimum absolute atomic E-state index is 0.955. The van der Waals surface area contributed by atoms with E-state index in [9.17, 15) is 0 Å². The number of hydrogen-bond acceptors (Lipinski definition) is 9. The van der Waals surface area contributed by atoms with Crippen LogP contribution in [0.3, 0.4) is 0 Å². The van der Waals surface area contributed by atoms with Crippen LogP contribution < -0.4 is 0 Å². The Balaban J connectivity index is 0.000000111. The first-order valence-electron chi connectivity index (χ1n) is 34.7. The monoisotopic (exact) mass is 1330 g/mol. The molecular formula is C95H61N9. The van der Waals surface area contributed by atoms with Gasteiger partial charge in [0.15, 0.2) is 0 Å². The zero-order chi connectivity index (χ0) is 69.1. The summed E-state index contributed by atoms with van der Waals surface area (Å²) in [7, 11) is 0. The minimum Gasteiger partial charge on any atom is -0.265 e. The van der Waals surface area contributed by atoms with Crippen LogP contribution >= 0.6 is 0 Å². The summed E-state index contributed by atoms with van der Waals surface area (Å²) < 4.78 is 0. The summed E-state index contributed by atoms with van der Waals surface area (Å²) in [5, 5.41) is 11.7. The van der Waals surface area contributed by atoms with Gasteiger partial charge in [-0.2, -0.15) is 0 Å². The van der Waals surface area contributed by atoms with Gasteiger partial charge in [-0.3, -0.25) is 15.0 Å². The molecule has 0 bridgehead atoms. The van der Waals surface area contributed by atoms with E-state index in [0.29, 0.717) is 0 Å². The number of rotatable bonds is 9. The highest BCUT2D eigenvalue weighted by molar-refractivity contribution is 5.99. The molecule has 0 radical (unpaired) electrons. The predicted molar refractivity (Wildman–Crippen MR) is 428 cm³/mol. The maximum Gasteiger partial charge on any atom is 0.0715 e. The Bertz CT molecular complexity index is 6480. The summed E-state index contributed by atoms with van der Waals surface area (Å²) in [6, 6.07) is 116. The van der Waals surface area contributed by atoms with Crippen LogP contribution in [0.4, 0.5) is 0 Å². The van der Waals surface area contributed by atoms with Gasteiger partial charge in [0.1, 0.15) is 0 Å². The minimum atomic E-state index is 0.955. The van der Waals surface area contributed by atoms with E-state index in [1.807, 2.05) is 54.6 Å². The maximum atomic E-state index is 5.00. The second kappa shape index (κ2) is 27.5. The molecule has 0 saturated carbocycles. The molecule has 9 heteroatoms. The predicted octanol–water partition coefficient (Wildman–Crippen LogP) is 23.8. The van der Waals surface area contributed by atoms with Crippen molar-refractivity contribution in [3.63, 3.8) is 0 Å². The van der Waals surface area contributed by atoms with E-state index in [1.165, 1.54) is 54.9 Å². The van der Waals surface area contributed by atoms with Gasteiger partial charge >= 0.3 is 0 Å². The van der Waals surface area contributed by atoms with Crippen molar-refractivity contribution in [3.05, 3.63) is 371 Å². The average molecular weight is 1330 g/mol. The third kappa shape index (κ3) is 12.9. The maximum absolute atomic E-state index is 5.00. The van der Waals surface area contributed by atoms with Gasteiger partial charge in [0, 0.05) is 103 Å². The molecule has 9 aromatic heterocycles. The van der Waals surface area contributed by atoms with E-state index in [2.05, 4.69) is 294 Å². The first kappa shape index (κ1) is 62.1. The van der Waals surface area contributed by atoms with Gasteiger partial charge in [0.05, 0.1) is 67.3 Å². The van der Waals surface area contributed by atoms with E-state index in [1.54, 1.807) is 37.2 Å². The lowest BCUT2D eigenvalue weighted by molar-refractivity contribution is 1.31. The highest BCUT2D eigenvalue weighted by atomic mass is 14.7. The first-order chi connectivity index (χ1) is 51.4. The summed E-state index contributed by atoms with van der Waals surface area (Å²) >= 11 is 0. The van der Waals surface area contributed by atoms with Crippen molar-refractivity contribution in [1.29, 1.82) is 0 Å². The second-order valence-corrected chi connectivity index (χ2v) is 25.8. The molecule has 9 heterocycles. The number of pyridine rings is 9. The Morgan fingerprint density at radius 2 is 0.413 bits per heavy atom. The summed E-state index contributed by atoms with van der Waals surface area (Å²) in [6.45, 7) is 0. The van der Waals surface area contributed by atoms with E-state index in [0.717, 1.165) is 133 Å². The SMILES string of the molecule is c1ccc(-c2ccc3cc(-c4ccc5nc(-c6ccncc6)ccc5c4)ccc3n2)cc1.c1ccc2c(-c3ccc4cc(-c5ccc6nc(-c7ccncc7)ccc6c5)ccc4n3)cccc2c1.c1ccc2cc(-c3ccc4cc(-c5ccc6nc(-c7ccncc7)ccc6c5)ccc4n3)ccc2c1. The fourth-order valence-electron chi connectivity index (χ4n) is 13.8. The van der Waals surface area contributed by atoms with E-state index >= 15 is 0 Å². The normalized spacial score (nSPS) is 11.3. The third-order valence-corrected chi connectivity index (χ3v) is 19.2. The number of fused-ring (bicyclic) bond motifs is 8. The Morgan fingerprint density at radius 3 is 0.798 bits per heavy atom. The first-order valence-corrected chi connectivity index (χ1v) is 34.7. The zero-order valence-electron chi connectivity index (χ0n) is 56.2. The quantitative estimate of drug-likeness (QED) is 0.139. The van der Waals surface area contributed by atoms with Crippen molar-refractivity contribution in [2.45, 2.75) is 0 Å². The van der Waals surface area contributed by atoms with Crippen LogP contribution in [0.25, 0.3) is 188 Å². The third-order valence-electron chi connectivity index (χ3n) is 19.2. The number of benzene rings is 11. The van der Waals surface area contributed by atoms with Gasteiger partial charge in [-0.05, 0) is 207 Å². The molecule has 104 heavy (non-hydrogen) atoms. The average Bonchev–Trinajstić information content (AvgIpc) is 0.796. The Kier molecular flexibility index (Phi) is 16.4. The molecule has 0 N–H and O–H groups in total. The topological polar surface area (TPSA) is 116 Å². The largest absolute Gasteiger partial charge is 0.265 e. The molecule has 0 unspecified atom stereocenters. The molecule has 0 aliphatic carbocycles. The molecule has 0 spiro atoms. The van der Waals surface area contributed by atoms with Crippen molar-refractivity contribution in [2.75, 3.05) is 0 Å². The van der Waals surface area contributed by atoms with Crippen LogP contribution in [0.1, 0.15) is 0 Å². The lowest BCUT2D eigenvalue weighted by Gasteiger charge is -2.09. The molecule has 486 valence electrons. The highest BCUT2D eigenvalue weighted by Crippen LogP contribution is 2.36. The molecule has 0 aliphatic heterocycles. The number of aromatic nitrogens is 9. The highest BCUT2D eigenvalue weighted by Gasteiger charge is 2.13. The van der Waals surface area contributed by atoms with Crippen molar-refractivity contribution >= 4 is 87.0 Å². The zero-order valence-corrected chi connectivity index (χ0v) is 56.2. The summed E-state index contributed by atoms with van der Waals surface area (Å²) in [5.41, 5.74) is 25.4. The molecule has 0 saturated heterocycles. The van der Waals surface area contributed by atoms with Crippen molar-refractivity contribution < 1.29 is 0 Å². The van der Waals surface area contributed by atoms with Crippen molar-refractivity contribution in [3.8, 4) is 101 Å². The standard InChI is InChI=1S/2C33H21N3.C29H19N3/c1-2-6-28-22(4-1)5-3-7-29(28)33-15-11-27-21-25(9-13-32(27)36-33)24-8-12-31-26(20-24)10-14-30(35-31)23-16-18-34-19-17-23;1-2-4-24-19-27(6-5-22(24)3-1)33-14-10-29-21-26(8-12-32(29)36-33)25-7-11-31-28(20-25)9-13-30(35-31)23-15-17-34-18-16-23;1-2-4-20(5-3-1)26-12-8-24-18-22(6-10-28(24)31-26)23-7-11-29-25(19-23)9-13-27(32-29)21-14-16-30-17-15-21/h2*1-21H;1-19H. The van der Waals surface area contributed by atoms with E-state index < -0.39 is 0 Å². The second-order valence-electron chi connectivity index (χ2n) is 25.8. The van der Waals surface area contributed by atoms with Crippen LogP contribution in [-0.4, -0.2) is 44.9 Å². The lowest BCUT2D eigenvalue weighted by atomic mass is 9.99. The molecular weight excluding hydrogens is 1270 g/mol. The lowest BCUT2D eigenvalue weighted by Crippen LogP contribution is -1.89. The molecule has 0 aliphatic rings. The number of nitrogens with zero attached hydrogens (tertiary/aromatic N) is 9. The van der Waals surface area contributed by atoms with Crippen LogP contribution in [0, 0.1) is 0 Å². The molecule has 11 aromatic carbocycles. The Morgan fingerprint density at radius 1 is 0.144 bits per heavy atom. The van der Waals surface area contributed by atoms with Gasteiger partial charge in [0.2, 0.25) is 0 Å². The van der Waals surface area contributed by atoms with Gasteiger partial charge in [-0.1, -0.05) is 182 Å². The van der Waals surface area contributed by atoms with Crippen LogP contribution in [0.2, 0.25) is 0 Å². The number of hydrogen-bond donors (Lipinski definition) is 0. The van der Waals surface area contributed by atoms with Gasteiger partial charge < -0.3 is 0 Å². The summed E-state index contributed by atoms with van der Waals surface area (Å²) in [4.78, 5) is 41.6. The molecule has 20 rings (SSSR count). The molecule has 0 amide bonds. The molecule has 9 nitrogen and oxygen atoms in total. The fourth-order valence-corrected chi connectivity index (χ4v) is 13.8. The van der Waals surface area contributed by atoms with Crippen LogP contribution in [0.5, 0.6) is 0 Å². The van der Waals surface area contributed by atoms with Crippen molar-refractivity contribution in [1.82, 2.24) is 44.9 Å².